The minimum absolute atomic E-state index is 0.419. The van der Waals surface area contributed by atoms with Gasteiger partial charge in [-0.15, -0.1) is 0 Å². The summed E-state index contributed by atoms with van der Waals surface area (Å²) >= 11 is 0. The summed E-state index contributed by atoms with van der Waals surface area (Å²) < 4.78 is 44.5. The first kappa shape index (κ1) is 20.8. The molecule has 0 bridgehead atoms. The Hall–Kier alpha value is -2.91. The van der Waals surface area contributed by atoms with Crippen LogP contribution < -0.4 is 5.32 Å². The standard InChI is InChI=1S/C19H19F3N2O5/c1-9(24-17(26)10-4-2-3-5-11(10)18(24)27)19(28)29-8-14(25)23-13-7-6-12(20)15(21)16(13)22/h6-7,9-11H,2-5,8H2,1H3,(H,23,25)/t9-,10+,11+/m0/s1. The summed E-state index contributed by atoms with van der Waals surface area (Å²) in [7, 11) is 0. The van der Waals surface area contributed by atoms with E-state index < -0.39 is 71.3 Å². The Kier molecular flexibility index (Phi) is 5.90. The van der Waals surface area contributed by atoms with Crippen molar-refractivity contribution < 1.29 is 37.1 Å². The fourth-order valence-corrected chi connectivity index (χ4v) is 3.74. The van der Waals surface area contributed by atoms with Gasteiger partial charge in [0.25, 0.3) is 5.91 Å². The average Bonchev–Trinajstić information content (AvgIpc) is 2.96. The van der Waals surface area contributed by atoms with E-state index in [4.69, 9.17) is 4.74 Å². The number of esters is 1. The number of rotatable bonds is 5. The first-order valence-electron chi connectivity index (χ1n) is 9.19. The van der Waals surface area contributed by atoms with Crippen LogP contribution in [0.1, 0.15) is 32.6 Å². The number of nitrogens with zero attached hydrogens (tertiary/aromatic N) is 1. The molecular formula is C19H19F3N2O5. The van der Waals surface area contributed by atoms with Crippen molar-refractivity contribution in [2.45, 2.75) is 38.6 Å². The SMILES string of the molecule is C[C@@H](C(=O)OCC(=O)Nc1ccc(F)c(F)c1F)N1C(=O)[C@@H]2CCCC[C@H]2C1=O. The largest absolute Gasteiger partial charge is 0.454 e. The van der Waals surface area contributed by atoms with E-state index in [1.54, 1.807) is 0 Å². The highest BCUT2D eigenvalue weighted by molar-refractivity contribution is 6.08. The molecule has 7 nitrogen and oxygen atoms in total. The van der Waals surface area contributed by atoms with Gasteiger partial charge in [0.05, 0.1) is 17.5 Å². The first-order chi connectivity index (χ1) is 13.7. The number of amides is 3. The monoisotopic (exact) mass is 412 g/mol. The molecule has 1 aromatic rings. The fourth-order valence-electron chi connectivity index (χ4n) is 3.74. The van der Waals surface area contributed by atoms with E-state index in [0.29, 0.717) is 18.9 Å². The number of fused-ring (bicyclic) bond motifs is 1. The predicted molar refractivity (Wildman–Crippen MR) is 92.7 cm³/mol. The zero-order chi connectivity index (χ0) is 21.3. The number of hydrogen-bond donors (Lipinski definition) is 1. The molecule has 1 aliphatic heterocycles. The number of anilines is 1. The van der Waals surface area contributed by atoms with Gasteiger partial charge in [-0.25, -0.2) is 18.0 Å². The number of likely N-dealkylation sites (tertiary alicyclic amines) is 1. The molecule has 10 heteroatoms. The second kappa shape index (κ2) is 8.22. The fraction of sp³-hybridized carbons (Fsp3) is 0.474. The Bertz CT molecular complexity index is 852. The van der Waals surface area contributed by atoms with Crippen LogP contribution in [-0.4, -0.2) is 41.2 Å². The van der Waals surface area contributed by atoms with Crippen LogP contribution in [0.25, 0.3) is 0 Å². The maximum absolute atomic E-state index is 13.6. The van der Waals surface area contributed by atoms with Crippen LogP contribution >= 0.6 is 0 Å². The Morgan fingerprint density at radius 3 is 2.28 bits per heavy atom. The zero-order valence-electron chi connectivity index (χ0n) is 15.5. The van der Waals surface area contributed by atoms with E-state index in [1.165, 1.54) is 6.92 Å². The molecule has 0 spiro atoms. The van der Waals surface area contributed by atoms with Gasteiger partial charge in [0.2, 0.25) is 11.8 Å². The summed E-state index contributed by atoms with van der Waals surface area (Å²) in [6.45, 7) is 0.465. The molecule has 1 aliphatic carbocycles. The van der Waals surface area contributed by atoms with Crippen molar-refractivity contribution >= 4 is 29.4 Å². The lowest BCUT2D eigenvalue weighted by atomic mass is 9.81. The maximum atomic E-state index is 13.6. The highest BCUT2D eigenvalue weighted by Gasteiger charge is 2.51. The van der Waals surface area contributed by atoms with Gasteiger partial charge in [0.1, 0.15) is 6.04 Å². The molecule has 29 heavy (non-hydrogen) atoms. The lowest BCUT2D eigenvalue weighted by Gasteiger charge is -2.21. The minimum atomic E-state index is -1.75. The average molecular weight is 412 g/mol. The number of ether oxygens (including phenoxy) is 1. The van der Waals surface area contributed by atoms with E-state index in [0.717, 1.165) is 23.8 Å². The molecule has 0 unspecified atom stereocenters. The minimum Gasteiger partial charge on any atom is -0.454 e. The lowest BCUT2D eigenvalue weighted by Crippen LogP contribution is -2.45. The number of carbonyl (C=O) groups is 4. The summed E-state index contributed by atoms with van der Waals surface area (Å²) in [4.78, 5) is 49.9. The Labute approximate surface area is 164 Å². The van der Waals surface area contributed by atoms with Crippen molar-refractivity contribution in [1.29, 1.82) is 0 Å². The normalized spacial score (nSPS) is 22.3. The summed E-state index contributed by atoms with van der Waals surface area (Å²) in [5, 5.41) is 1.95. The van der Waals surface area contributed by atoms with Crippen LogP contribution in [0.15, 0.2) is 12.1 Å². The summed E-state index contributed by atoms with van der Waals surface area (Å²) in [5.74, 6) is -8.42. The van der Waals surface area contributed by atoms with Gasteiger partial charge in [0, 0.05) is 0 Å². The number of nitrogens with one attached hydrogen (secondary N) is 1. The molecule has 3 amide bonds. The van der Waals surface area contributed by atoms with Crippen LogP contribution in [-0.2, 0) is 23.9 Å². The summed E-state index contributed by atoms with van der Waals surface area (Å²) in [6, 6.07) is 0.236. The van der Waals surface area contributed by atoms with E-state index in [9.17, 15) is 32.3 Å². The van der Waals surface area contributed by atoms with Crippen LogP contribution in [0.3, 0.4) is 0 Å². The summed E-state index contributed by atoms with van der Waals surface area (Å²) in [6.07, 6.45) is 2.87. The second-order valence-electron chi connectivity index (χ2n) is 7.10. The van der Waals surface area contributed by atoms with E-state index in [2.05, 4.69) is 0 Å². The third-order valence-electron chi connectivity index (χ3n) is 5.26. The highest BCUT2D eigenvalue weighted by Crippen LogP contribution is 2.38. The number of benzene rings is 1. The quantitative estimate of drug-likeness (QED) is 0.455. The zero-order valence-corrected chi connectivity index (χ0v) is 15.5. The predicted octanol–water partition coefficient (Wildman–Crippen LogP) is 2.15. The molecule has 1 heterocycles. The smallest absolute Gasteiger partial charge is 0.329 e. The van der Waals surface area contributed by atoms with Crippen molar-refractivity contribution in [3.05, 3.63) is 29.6 Å². The first-order valence-corrected chi connectivity index (χ1v) is 9.19. The van der Waals surface area contributed by atoms with E-state index in [1.807, 2.05) is 5.32 Å². The number of imide groups is 1. The van der Waals surface area contributed by atoms with Crippen LogP contribution in [0.5, 0.6) is 0 Å². The van der Waals surface area contributed by atoms with Gasteiger partial charge in [-0.2, -0.15) is 0 Å². The number of carbonyl (C=O) groups excluding carboxylic acids is 4. The third kappa shape index (κ3) is 3.96. The molecule has 0 radical (unpaired) electrons. The molecule has 1 saturated carbocycles. The van der Waals surface area contributed by atoms with Gasteiger partial charge < -0.3 is 10.1 Å². The van der Waals surface area contributed by atoms with Crippen molar-refractivity contribution in [3.8, 4) is 0 Å². The van der Waals surface area contributed by atoms with Gasteiger partial charge in [0.15, 0.2) is 24.1 Å². The summed E-state index contributed by atoms with van der Waals surface area (Å²) in [5.41, 5.74) is -0.619. The molecule has 1 N–H and O–H groups in total. The Morgan fingerprint density at radius 1 is 1.10 bits per heavy atom. The Balaban J connectivity index is 1.57. The second-order valence-corrected chi connectivity index (χ2v) is 7.10. The molecule has 156 valence electrons. The molecule has 1 saturated heterocycles. The van der Waals surface area contributed by atoms with Crippen molar-refractivity contribution in [2.75, 3.05) is 11.9 Å². The van der Waals surface area contributed by atoms with Gasteiger partial charge in [-0.05, 0) is 31.9 Å². The third-order valence-corrected chi connectivity index (χ3v) is 5.26. The molecule has 2 aliphatic rings. The molecular weight excluding hydrogens is 393 g/mol. The van der Waals surface area contributed by atoms with Crippen molar-refractivity contribution in [3.63, 3.8) is 0 Å². The molecule has 0 aromatic heterocycles. The maximum Gasteiger partial charge on any atom is 0.329 e. The van der Waals surface area contributed by atoms with Crippen LogP contribution in [0, 0.1) is 29.3 Å². The lowest BCUT2D eigenvalue weighted by molar-refractivity contribution is -0.159. The Morgan fingerprint density at radius 2 is 1.69 bits per heavy atom. The topological polar surface area (TPSA) is 92.8 Å². The molecule has 3 atom stereocenters. The van der Waals surface area contributed by atoms with Crippen LogP contribution in [0.4, 0.5) is 18.9 Å². The number of halogens is 3. The van der Waals surface area contributed by atoms with Gasteiger partial charge >= 0.3 is 5.97 Å². The van der Waals surface area contributed by atoms with Crippen molar-refractivity contribution in [2.24, 2.45) is 11.8 Å². The molecule has 1 aromatic carbocycles. The van der Waals surface area contributed by atoms with Gasteiger partial charge in [-0.3, -0.25) is 19.3 Å². The van der Waals surface area contributed by atoms with E-state index in [-0.39, 0.29) is 0 Å². The highest BCUT2D eigenvalue weighted by atomic mass is 19.2. The number of hydrogen-bond acceptors (Lipinski definition) is 5. The van der Waals surface area contributed by atoms with E-state index >= 15 is 0 Å². The van der Waals surface area contributed by atoms with Crippen LogP contribution in [0.2, 0.25) is 0 Å². The van der Waals surface area contributed by atoms with Gasteiger partial charge in [-0.1, -0.05) is 12.8 Å². The van der Waals surface area contributed by atoms with Crippen molar-refractivity contribution in [1.82, 2.24) is 4.90 Å². The molecule has 3 rings (SSSR count). The molecule has 2 fully saturated rings.